The number of rotatable bonds is 2. The van der Waals surface area contributed by atoms with E-state index in [1.807, 2.05) is 39.8 Å². The zero-order valence-corrected chi connectivity index (χ0v) is 14.9. The zero-order valence-electron chi connectivity index (χ0n) is 14.9. The van der Waals surface area contributed by atoms with Gasteiger partial charge in [0.1, 0.15) is 0 Å². The fourth-order valence-electron chi connectivity index (χ4n) is 2.87. The van der Waals surface area contributed by atoms with E-state index in [0.29, 0.717) is 0 Å². The minimum atomic E-state index is -0.190. The molecule has 2 heteroatoms. The Hall–Kier alpha value is -1.80. The van der Waals surface area contributed by atoms with Gasteiger partial charge in [-0.25, -0.2) is 0 Å². The zero-order chi connectivity index (χ0) is 17.1. The third-order valence-electron chi connectivity index (χ3n) is 3.85. The molecule has 0 bridgehead atoms. The van der Waals surface area contributed by atoms with E-state index in [0.717, 1.165) is 19.4 Å². The smallest absolute Gasteiger partial charge is 0.0580 e. The average molecular weight is 313 g/mol. The third kappa shape index (κ3) is 5.40. The Bertz CT molecular complexity index is 512. The normalized spacial score (nSPS) is 19.8. The number of piperidine rings is 1. The van der Waals surface area contributed by atoms with Crippen LogP contribution in [0.5, 0.6) is 0 Å². The van der Waals surface area contributed by atoms with Crippen molar-refractivity contribution in [3.8, 4) is 0 Å². The predicted octanol–water partition coefficient (Wildman–Crippen LogP) is 5.44. The SMILES string of the molecule is CC.CC.OC1CCN(c2ccccc2)C(c2ccccc2)C1. The van der Waals surface area contributed by atoms with E-state index < -0.39 is 0 Å². The molecule has 2 unspecified atom stereocenters. The van der Waals surface area contributed by atoms with Gasteiger partial charge in [0.25, 0.3) is 0 Å². The summed E-state index contributed by atoms with van der Waals surface area (Å²) < 4.78 is 0. The van der Waals surface area contributed by atoms with E-state index in [1.165, 1.54) is 11.3 Å². The van der Waals surface area contributed by atoms with Crippen molar-refractivity contribution in [3.63, 3.8) is 0 Å². The number of benzene rings is 2. The van der Waals surface area contributed by atoms with E-state index >= 15 is 0 Å². The first-order valence-corrected chi connectivity index (χ1v) is 8.89. The first kappa shape index (κ1) is 19.2. The molecule has 1 heterocycles. The van der Waals surface area contributed by atoms with Gasteiger partial charge >= 0.3 is 0 Å². The Morgan fingerprint density at radius 2 is 1.35 bits per heavy atom. The fourth-order valence-corrected chi connectivity index (χ4v) is 2.87. The summed E-state index contributed by atoms with van der Waals surface area (Å²) in [4.78, 5) is 2.40. The number of anilines is 1. The highest BCUT2D eigenvalue weighted by Crippen LogP contribution is 2.34. The van der Waals surface area contributed by atoms with Gasteiger partial charge in [0.2, 0.25) is 0 Å². The average Bonchev–Trinajstić information content (AvgIpc) is 2.66. The van der Waals surface area contributed by atoms with Gasteiger partial charge in [0.05, 0.1) is 12.1 Å². The molecule has 0 saturated carbocycles. The number of hydrogen-bond acceptors (Lipinski definition) is 2. The van der Waals surface area contributed by atoms with Crippen molar-refractivity contribution in [3.05, 3.63) is 66.2 Å². The number of aliphatic hydroxyl groups excluding tert-OH is 1. The fraction of sp³-hybridized carbons (Fsp3) is 0.429. The van der Waals surface area contributed by atoms with Gasteiger partial charge in [-0.15, -0.1) is 0 Å². The van der Waals surface area contributed by atoms with Crippen molar-refractivity contribution in [1.29, 1.82) is 0 Å². The molecule has 1 saturated heterocycles. The molecule has 0 spiro atoms. The predicted molar refractivity (Wildman–Crippen MR) is 101 cm³/mol. The quantitative estimate of drug-likeness (QED) is 0.798. The second kappa shape index (κ2) is 10.8. The maximum absolute atomic E-state index is 9.98. The molecule has 0 aliphatic carbocycles. The Morgan fingerprint density at radius 3 is 1.91 bits per heavy atom. The molecule has 1 fully saturated rings. The van der Waals surface area contributed by atoms with Crippen molar-refractivity contribution in [2.24, 2.45) is 0 Å². The summed E-state index contributed by atoms with van der Waals surface area (Å²) in [5.41, 5.74) is 2.52. The lowest BCUT2D eigenvalue weighted by molar-refractivity contribution is 0.128. The molecule has 1 N–H and O–H groups in total. The molecule has 3 rings (SSSR count). The van der Waals surface area contributed by atoms with Gasteiger partial charge in [0.15, 0.2) is 0 Å². The van der Waals surface area contributed by atoms with Crippen molar-refractivity contribution in [2.75, 3.05) is 11.4 Å². The largest absolute Gasteiger partial charge is 0.393 e. The molecular weight excluding hydrogens is 282 g/mol. The van der Waals surface area contributed by atoms with Crippen LogP contribution in [-0.4, -0.2) is 17.8 Å². The summed E-state index contributed by atoms with van der Waals surface area (Å²) in [5, 5.41) is 9.98. The van der Waals surface area contributed by atoms with E-state index in [1.54, 1.807) is 0 Å². The van der Waals surface area contributed by atoms with Crippen LogP contribution >= 0.6 is 0 Å². The summed E-state index contributed by atoms with van der Waals surface area (Å²) in [6.07, 6.45) is 1.46. The van der Waals surface area contributed by atoms with Gasteiger partial charge in [0, 0.05) is 12.2 Å². The maximum atomic E-state index is 9.98. The highest BCUT2D eigenvalue weighted by atomic mass is 16.3. The Labute approximate surface area is 141 Å². The summed E-state index contributed by atoms with van der Waals surface area (Å²) >= 11 is 0. The highest BCUT2D eigenvalue weighted by Gasteiger charge is 2.28. The van der Waals surface area contributed by atoms with Crippen LogP contribution < -0.4 is 4.90 Å². The molecule has 0 amide bonds. The molecule has 1 aliphatic rings. The number of aliphatic hydroxyl groups is 1. The molecule has 126 valence electrons. The lowest BCUT2D eigenvalue weighted by atomic mass is 9.93. The van der Waals surface area contributed by atoms with Crippen LogP contribution in [0.4, 0.5) is 5.69 Å². The molecule has 0 aromatic heterocycles. The van der Waals surface area contributed by atoms with Crippen molar-refractivity contribution in [2.45, 2.75) is 52.7 Å². The summed E-state index contributed by atoms with van der Waals surface area (Å²) in [6, 6.07) is 21.2. The second-order valence-corrected chi connectivity index (χ2v) is 5.13. The van der Waals surface area contributed by atoms with E-state index in [2.05, 4.69) is 53.4 Å². The summed E-state index contributed by atoms with van der Waals surface area (Å²) in [5.74, 6) is 0. The van der Waals surface area contributed by atoms with Crippen LogP contribution in [0, 0.1) is 0 Å². The van der Waals surface area contributed by atoms with Crippen molar-refractivity contribution >= 4 is 5.69 Å². The van der Waals surface area contributed by atoms with Gasteiger partial charge in [-0.05, 0) is 30.5 Å². The van der Waals surface area contributed by atoms with Crippen molar-refractivity contribution < 1.29 is 5.11 Å². The van der Waals surface area contributed by atoms with E-state index in [-0.39, 0.29) is 12.1 Å². The highest BCUT2D eigenvalue weighted by molar-refractivity contribution is 5.49. The molecule has 2 aromatic carbocycles. The van der Waals surface area contributed by atoms with Crippen LogP contribution in [-0.2, 0) is 0 Å². The van der Waals surface area contributed by atoms with E-state index in [9.17, 15) is 5.11 Å². The number of nitrogens with zero attached hydrogens (tertiary/aromatic N) is 1. The number of para-hydroxylation sites is 1. The van der Waals surface area contributed by atoms with Crippen LogP contribution in [0.15, 0.2) is 60.7 Å². The Kier molecular flexibility index (Phi) is 9.08. The van der Waals surface area contributed by atoms with Gasteiger partial charge in [-0.1, -0.05) is 76.2 Å². The minimum absolute atomic E-state index is 0.190. The van der Waals surface area contributed by atoms with Crippen molar-refractivity contribution in [1.82, 2.24) is 0 Å². The Balaban J connectivity index is 0.000000615. The van der Waals surface area contributed by atoms with Crippen LogP contribution in [0.25, 0.3) is 0 Å². The van der Waals surface area contributed by atoms with Gasteiger partial charge < -0.3 is 10.0 Å². The Morgan fingerprint density at radius 1 is 0.826 bits per heavy atom. The van der Waals surface area contributed by atoms with Crippen LogP contribution in [0.2, 0.25) is 0 Å². The molecule has 2 atom stereocenters. The topological polar surface area (TPSA) is 23.5 Å². The second-order valence-electron chi connectivity index (χ2n) is 5.13. The molecule has 0 radical (unpaired) electrons. The lowest BCUT2D eigenvalue weighted by Gasteiger charge is -2.40. The first-order chi connectivity index (χ1) is 11.3. The lowest BCUT2D eigenvalue weighted by Crippen LogP contribution is -2.38. The minimum Gasteiger partial charge on any atom is -0.393 e. The third-order valence-corrected chi connectivity index (χ3v) is 3.85. The van der Waals surface area contributed by atoms with Gasteiger partial charge in [-0.2, -0.15) is 0 Å². The maximum Gasteiger partial charge on any atom is 0.0580 e. The molecule has 2 aromatic rings. The van der Waals surface area contributed by atoms with Crippen LogP contribution in [0.1, 0.15) is 52.1 Å². The summed E-state index contributed by atoms with van der Waals surface area (Å²) in [7, 11) is 0. The van der Waals surface area contributed by atoms with Gasteiger partial charge in [-0.3, -0.25) is 0 Å². The molecule has 2 nitrogen and oxygen atoms in total. The monoisotopic (exact) mass is 313 g/mol. The molecule has 23 heavy (non-hydrogen) atoms. The van der Waals surface area contributed by atoms with Crippen LogP contribution in [0.3, 0.4) is 0 Å². The molecule has 1 aliphatic heterocycles. The summed E-state index contributed by atoms with van der Waals surface area (Å²) in [6.45, 7) is 8.91. The van der Waals surface area contributed by atoms with E-state index in [4.69, 9.17) is 0 Å². The molecular formula is C21H31NO. The standard InChI is InChI=1S/C17H19NO.2C2H6/c19-16-11-12-18(15-9-5-2-6-10-15)17(13-16)14-7-3-1-4-8-14;2*1-2/h1-10,16-17,19H,11-13H2;2*1-2H3. The number of hydrogen-bond donors (Lipinski definition) is 1. The first-order valence-electron chi connectivity index (χ1n) is 8.89.